The summed E-state index contributed by atoms with van der Waals surface area (Å²) >= 11 is 0. The number of carbonyl (C=O) groups is 3. The van der Waals surface area contributed by atoms with Crippen LogP contribution in [-0.4, -0.2) is 41.2 Å². The predicted octanol–water partition coefficient (Wildman–Crippen LogP) is 3.52. The van der Waals surface area contributed by atoms with Crippen molar-refractivity contribution in [2.75, 3.05) is 7.11 Å². The fourth-order valence-electron chi connectivity index (χ4n) is 2.95. The van der Waals surface area contributed by atoms with Crippen molar-refractivity contribution < 1.29 is 33.9 Å². The van der Waals surface area contributed by atoms with E-state index in [1.807, 2.05) is 6.07 Å². The van der Waals surface area contributed by atoms with Crippen molar-refractivity contribution in [3.63, 3.8) is 0 Å². The molecule has 1 aromatic carbocycles. The third-order valence-electron chi connectivity index (χ3n) is 4.23. The molecular formula is C24H27N3O8. The highest BCUT2D eigenvalue weighted by Crippen LogP contribution is 2.40. The highest BCUT2D eigenvalue weighted by atomic mass is 16.6. The number of dihydropyridines is 1. The molecule has 0 saturated carbocycles. The van der Waals surface area contributed by atoms with E-state index in [1.54, 1.807) is 20.8 Å². The molecule has 0 amide bonds. The molecule has 0 radical (unpaired) electrons. The van der Waals surface area contributed by atoms with Crippen LogP contribution in [0.25, 0.3) is 0 Å². The van der Waals surface area contributed by atoms with Crippen LogP contribution in [0, 0.1) is 21.4 Å². The van der Waals surface area contributed by atoms with Gasteiger partial charge in [0.1, 0.15) is 11.8 Å². The van der Waals surface area contributed by atoms with Gasteiger partial charge in [-0.25, -0.2) is 14.4 Å². The van der Waals surface area contributed by atoms with E-state index in [2.05, 4.69) is 25.1 Å². The number of carboxylic acid groups (broad SMARTS) is 1. The largest absolute Gasteiger partial charge is 0.478 e. The number of aliphatic carboxylic acids is 1. The van der Waals surface area contributed by atoms with Gasteiger partial charge in [0.25, 0.3) is 5.69 Å². The number of carbonyl (C=O) groups excluding carboxylic acids is 2. The van der Waals surface area contributed by atoms with Gasteiger partial charge in [0.2, 0.25) is 0 Å². The van der Waals surface area contributed by atoms with Crippen LogP contribution in [0.3, 0.4) is 0 Å². The molecule has 0 aromatic heterocycles. The maximum atomic E-state index is 12.8. The van der Waals surface area contributed by atoms with Crippen molar-refractivity contribution in [3.05, 3.63) is 88.3 Å². The second kappa shape index (κ2) is 14.4. The van der Waals surface area contributed by atoms with Crippen LogP contribution in [0.1, 0.15) is 32.3 Å². The molecule has 186 valence electrons. The minimum absolute atomic E-state index is 0.0774. The SMILES string of the molecule is C=C.C=CC(=O)O.COC(=O)C1=C(C#N)NC(C)=C(C(=O)OC(C)C)C1c1cccc([N+](=O)[O-])c1. The number of methoxy groups -OCH3 is 1. The average Bonchev–Trinajstić information content (AvgIpc) is 2.83. The summed E-state index contributed by atoms with van der Waals surface area (Å²) in [7, 11) is 1.14. The van der Waals surface area contributed by atoms with E-state index < -0.39 is 34.9 Å². The number of nitro benzene ring substituents is 1. The number of ether oxygens (including phenoxy) is 2. The third kappa shape index (κ3) is 8.29. The summed E-state index contributed by atoms with van der Waals surface area (Å²) in [6.45, 7) is 13.9. The second-order valence-electron chi connectivity index (χ2n) is 6.84. The summed E-state index contributed by atoms with van der Waals surface area (Å²) in [5.74, 6) is -3.57. The fourth-order valence-corrected chi connectivity index (χ4v) is 2.95. The quantitative estimate of drug-likeness (QED) is 0.200. The van der Waals surface area contributed by atoms with Gasteiger partial charge in [-0.15, -0.1) is 13.2 Å². The molecule has 1 unspecified atom stereocenters. The van der Waals surface area contributed by atoms with Crippen LogP contribution < -0.4 is 5.32 Å². The molecule has 1 aliphatic rings. The maximum Gasteiger partial charge on any atom is 0.337 e. The van der Waals surface area contributed by atoms with Gasteiger partial charge in [-0.1, -0.05) is 18.7 Å². The van der Waals surface area contributed by atoms with Gasteiger partial charge in [-0.05, 0) is 26.3 Å². The molecule has 0 saturated heterocycles. The molecule has 2 rings (SSSR count). The maximum absolute atomic E-state index is 12.8. The Hall–Kier alpha value is -4.72. The van der Waals surface area contributed by atoms with E-state index >= 15 is 0 Å². The van der Waals surface area contributed by atoms with Gasteiger partial charge >= 0.3 is 17.9 Å². The normalized spacial score (nSPS) is 14.1. The van der Waals surface area contributed by atoms with E-state index in [1.165, 1.54) is 24.3 Å². The van der Waals surface area contributed by atoms with Crippen molar-refractivity contribution >= 4 is 23.6 Å². The lowest BCUT2D eigenvalue weighted by molar-refractivity contribution is -0.384. The topological polar surface area (TPSA) is 169 Å². The molecule has 0 aliphatic carbocycles. The number of hydrogen-bond donors (Lipinski definition) is 2. The number of allylic oxidation sites excluding steroid dienone is 2. The smallest absolute Gasteiger partial charge is 0.337 e. The van der Waals surface area contributed by atoms with Gasteiger partial charge in [-0.3, -0.25) is 10.1 Å². The predicted molar refractivity (Wildman–Crippen MR) is 127 cm³/mol. The average molecular weight is 485 g/mol. The Morgan fingerprint density at radius 3 is 2.26 bits per heavy atom. The summed E-state index contributed by atoms with van der Waals surface area (Å²) in [5, 5.41) is 31.0. The van der Waals surface area contributed by atoms with Crippen LogP contribution in [0.2, 0.25) is 0 Å². The molecule has 1 atom stereocenters. The Kier molecular flexibility index (Phi) is 12.5. The van der Waals surface area contributed by atoms with E-state index in [0.717, 1.165) is 13.2 Å². The lowest BCUT2D eigenvalue weighted by Gasteiger charge is -2.29. The van der Waals surface area contributed by atoms with Crippen LogP contribution in [0.15, 0.2) is 72.6 Å². The van der Waals surface area contributed by atoms with Crippen LogP contribution in [0.5, 0.6) is 0 Å². The minimum atomic E-state index is -1.06. The van der Waals surface area contributed by atoms with Crippen LogP contribution in [-0.2, 0) is 23.9 Å². The van der Waals surface area contributed by atoms with Crippen LogP contribution >= 0.6 is 0 Å². The van der Waals surface area contributed by atoms with Gasteiger partial charge in [0.05, 0.1) is 35.2 Å². The Balaban J connectivity index is 0.00000146. The molecule has 1 heterocycles. The van der Waals surface area contributed by atoms with Gasteiger partial charge in [0, 0.05) is 23.9 Å². The van der Waals surface area contributed by atoms with Gasteiger partial charge in [0.15, 0.2) is 0 Å². The second-order valence-corrected chi connectivity index (χ2v) is 6.84. The molecular weight excluding hydrogens is 458 g/mol. The molecule has 35 heavy (non-hydrogen) atoms. The molecule has 2 N–H and O–H groups in total. The lowest BCUT2D eigenvalue weighted by Crippen LogP contribution is -2.33. The number of nitro groups is 1. The Morgan fingerprint density at radius 1 is 1.26 bits per heavy atom. The molecule has 0 bridgehead atoms. The standard InChI is InChI=1S/C19H19N3O6.C3H4O2.C2H4/c1-10(2)28-19(24)15-11(3)21-14(9-20)17(18(23)27-4)16(15)12-6-5-7-13(8-12)22(25)26;1-2-3(4)5;1-2/h5-8,10,16,21H,1-4H3;2H,1H2,(H,4,5);1-2H2. The highest BCUT2D eigenvalue weighted by Gasteiger charge is 2.39. The molecule has 11 heteroatoms. The van der Waals surface area contributed by atoms with Crippen molar-refractivity contribution in [2.24, 2.45) is 0 Å². The van der Waals surface area contributed by atoms with Gasteiger partial charge in [-0.2, -0.15) is 5.26 Å². The fraction of sp³-hybridized carbons (Fsp3) is 0.250. The Morgan fingerprint density at radius 2 is 1.83 bits per heavy atom. The number of nitrogens with zero attached hydrogens (tertiary/aromatic N) is 2. The third-order valence-corrected chi connectivity index (χ3v) is 4.23. The van der Waals surface area contributed by atoms with E-state index in [4.69, 9.17) is 14.6 Å². The number of nitrogens with one attached hydrogen (secondary N) is 1. The molecule has 1 aliphatic heterocycles. The summed E-state index contributed by atoms with van der Waals surface area (Å²) in [6.07, 6.45) is 0.404. The zero-order valence-electron chi connectivity index (χ0n) is 19.9. The van der Waals surface area contributed by atoms with E-state index in [9.17, 15) is 29.8 Å². The number of carboxylic acids is 1. The highest BCUT2D eigenvalue weighted by molar-refractivity contribution is 6.00. The first kappa shape index (κ1) is 30.3. The Labute approximate surface area is 202 Å². The number of non-ortho nitro benzene ring substituents is 1. The Bertz CT molecular complexity index is 1100. The summed E-state index contributed by atoms with van der Waals surface area (Å²) in [6, 6.07) is 7.41. The van der Waals surface area contributed by atoms with E-state index in [-0.39, 0.29) is 22.5 Å². The summed E-state index contributed by atoms with van der Waals surface area (Å²) in [5.41, 5.74) is 0.251. The molecule has 0 spiro atoms. The number of hydrogen-bond acceptors (Lipinski definition) is 9. The minimum Gasteiger partial charge on any atom is -0.478 e. The number of esters is 2. The van der Waals surface area contributed by atoms with Crippen molar-refractivity contribution in [1.82, 2.24) is 5.32 Å². The van der Waals surface area contributed by atoms with Gasteiger partial charge < -0.3 is 19.9 Å². The zero-order chi connectivity index (χ0) is 27.3. The first-order chi connectivity index (χ1) is 16.5. The number of nitriles is 1. The molecule has 1 aromatic rings. The zero-order valence-corrected chi connectivity index (χ0v) is 19.9. The summed E-state index contributed by atoms with van der Waals surface area (Å²) < 4.78 is 10.1. The number of rotatable bonds is 6. The van der Waals surface area contributed by atoms with E-state index in [0.29, 0.717) is 11.3 Å². The van der Waals surface area contributed by atoms with Crippen molar-refractivity contribution in [2.45, 2.75) is 32.8 Å². The van der Waals surface area contributed by atoms with Crippen LogP contribution in [0.4, 0.5) is 5.69 Å². The van der Waals surface area contributed by atoms with Crippen molar-refractivity contribution in [3.8, 4) is 6.07 Å². The lowest BCUT2D eigenvalue weighted by atomic mass is 9.80. The first-order valence-electron chi connectivity index (χ1n) is 9.99. The first-order valence-corrected chi connectivity index (χ1v) is 9.99. The summed E-state index contributed by atoms with van der Waals surface area (Å²) in [4.78, 5) is 45.1. The molecule has 0 fully saturated rings. The monoisotopic (exact) mass is 485 g/mol. The van der Waals surface area contributed by atoms with Crippen molar-refractivity contribution in [1.29, 1.82) is 5.26 Å². The number of benzene rings is 1. The molecule has 11 nitrogen and oxygen atoms in total.